The summed E-state index contributed by atoms with van der Waals surface area (Å²) in [6.45, 7) is 4.93. The maximum atomic E-state index is 13.8. The number of ether oxygens (including phenoxy) is 1. The SMILES string of the molecule is CCCCNC(=O)NC(=O)CSc1nnc(N2CCOCC2)n1-c1cccc(F)c1. The first-order valence-corrected chi connectivity index (χ1v) is 10.8. The second kappa shape index (κ2) is 10.9. The van der Waals surface area contributed by atoms with Gasteiger partial charge in [0.2, 0.25) is 11.9 Å². The summed E-state index contributed by atoms with van der Waals surface area (Å²) in [5, 5.41) is 13.8. The lowest BCUT2D eigenvalue weighted by molar-refractivity contribution is -0.117. The van der Waals surface area contributed by atoms with Gasteiger partial charge in [-0.3, -0.25) is 14.7 Å². The molecule has 1 saturated heterocycles. The number of thioether (sulfide) groups is 1. The Morgan fingerprint density at radius 1 is 1.27 bits per heavy atom. The van der Waals surface area contributed by atoms with Crippen LogP contribution in [0.1, 0.15) is 19.8 Å². The number of unbranched alkanes of at least 4 members (excludes halogenated alkanes) is 1. The molecule has 9 nitrogen and oxygen atoms in total. The molecular weight excluding hydrogens is 411 g/mol. The molecule has 0 unspecified atom stereocenters. The molecule has 0 saturated carbocycles. The molecule has 30 heavy (non-hydrogen) atoms. The van der Waals surface area contributed by atoms with Crippen molar-refractivity contribution in [3.8, 4) is 5.69 Å². The minimum absolute atomic E-state index is 0.0300. The van der Waals surface area contributed by atoms with E-state index >= 15 is 0 Å². The topological polar surface area (TPSA) is 101 Å². The fourth-order valence-corrected chi connectivity index (χ4v) is 3.63. The summed E-state index contributed by atoms with van der Waals surface area (Å²) >= 11 is 1.13. The number of hydrogen-bond donors (Lipinski definition) is 2. The van der Waals surface area contributed by atoms with Gasteiger partial charge in [-0.2, -0.15) is 0 Å². The average molecular weight is 437 g/mol. The molecule has 3 amide bonds. The van der Waals surface area contributed by atoms with E-state index in [2.05, 4.69) is 20.8 Å². The van der Waals surface area contributed by atoms with Crippen LogP contribution in [-0.4, -0.2) is 65.3 Å². The van der Waals surface area contributed by atoms with Crippen LogP contribution in [-0.2, 0) is 9.53 Å². The third-order valence-corrected chi connectivity index (χ3v) is 5.31. The number of hydrogen-bond acceptors (Lipinski definition) is 7. The van der Waals surface area contributed by atoms with Gasteiger partial charge in [0.25, 0.3) is 0 Å². The number of aromatic nitrogens is 3. The molecule has 2 N–H and O–H groups in total. The number of benzene rings is 1. The highest BCUT2D eigenvalue weighted by atomic mass is 32.2. The van der Waals surface area contributed by atoms with Crippen LogP contribution in [0.3, 0.4) is 0 Å². The predicted octanol–water partition coefficient (Wildman–Crippen LogP) is 1.96. The van der Waals surface area contributed by atoms with E-state index in [4.69, 9.17) is 4.74 Å². The van der Waals surface area contributed by atoms with Crippen LogP contribution in [0.15, 0.2) is 29.4 Å². The zero-order chi connectivity index (χ0) is 21.3. The van der Waals surface area contributed by atoms with Gasteiger partial charge < -0.3 is 15.0 Å². The maximum Gasteiger partial charge on any atom is 0.321 e. The van der Waals surface area contributed by atoms with E-state index < -0.39 is 11.9 Å². The summed E-state index contributed by atoms with van der Waals surface area (Å²) in [5.74, 6) is -0.302. The monoisotopic (exact) mass is 436 g/mol. The van der Waals surface area contributed by atoms with Crippen LogP contribution >= 0.6 is 11.8 Å². The van der Waals surface area contributed by atoms with Crippen LogP contribution in [0.4, 0.5) is 15.1 Å². The summed E-state index contributed by atoms with van der Waals surface area (Å²) < 4.78 is 21.0. The van der Waals surface area contributed by atoms with Crippen molar-refractivity contribution in [3.63, 3.8) is 0 Å². The normalized spacial score (nSPS) is 13.9. The number of imide groups is 1. The molecule has 2 heterocycles. The smallest absolute Gasteiger partial charge is 0.321 e. The Bertz CT molecular complexity index is 872. The Balaban J connectivity index is 1.72. The molecule has 11 heteroatoms. The summed E-state index contributed by atoms with van der Waals surface area (Å²) in [5.41, 5.74) is 0.557. The lowest BCUT2D eigenvalue weighted by Crippen LogP contribution is -2.40. The molecule has 0 bridgehead atoms. The molecule has 1 aliphatic heterocycles. The summed E-state index contributed by atoms with van der Waals surface area (Å²) in [4.78, 5) is 25.9. The fraction of sp³-hybridized carbons (Fsp3) is 0.474. The van der Waals surface area contributed by atoms with Crippen molar-refractivity contribution in [1.82, 2.24) is 25.4 Å². The number of halogens is 1. The minimum Gasteiger partial charge on any atom is -0.378 e. The molecule has 1 aromatic carbocycles. The average Bonchev–Trinajstić information content (AvgIpc) is 3.17. The standard InChI is InChI=1S/C19H25FN6O3S/c1-2-3-7-21-17(28)22-16(27)13-30-19-24-23-18(25-8-10-29-11-9-25)26(19)15-6-4-5-14(20)12-15/h4-6,12H,2-3,7-11,13H2,1H3,(H2,21,22,27,28). The molecule has 1 aromatic heterocycles. The van der Waals surface area contributed by atoms with E-state index in [1.54, 1.807) is 16.7 Å². The second-order valence-corrected chi connectivity index (χ2v) is 7.59. The van der Waals surface area contributed by atoms with Crippen molar-refractivity contribution in [2.24, 2.45) is 0 Å². The Labute approximate surface area is 178 Å². The van der Waals surface area contributed by atoms with E-state index in [0.717, 1.165) is 24.6 Å². The molecule has 0 radical (unpaired) electrons. The van der Waals surface area contributed by atoms with Crippen LogP contribution in [0.25, 0.3) is 5.69 Å². The first-order valence-electron chi connectivity index (χ1n) is 9.83. The van der Waals surface area contributed by atoms with Crippen molar-refractivity contribution in [2.45, 2.75) is 24.9 Å². The summed E-state index contributed by atoms with van der Waals surface area (Å²) in [6.07, 6.45) is 1.79. The van der Waals surface area contributed by atoms with Crippen molar-refractivity contribution in [3.05, 3.63) is 30.1 Å². The first kappa shape index (κ1) is 22.0. The van der Waals surface area contributed by atoms with Crippen molar-refractivity contribution in [1.29, 1.82) is 0 Å². The molecule has 0 spiro atoms. The highest BCUT2D eigenvalue weighted by Crippen LogP contribution is 2.27. The molecule has 1 fully saturated rings. The highest BCUT2D eigenvalue weighted by molar-refractivity contribution is 7.99. The van der Waals surface area contributed by atoms with Gasteiger partial charge in [0.1, 0.15) is 5.82 Å². The number of anilines is 1. The van der Waals surface area contributed by atoms with E-state index in [1.807, 2.05) is 11.8 Å². The number of rotatable bonds is 8. The summed E-state index contributed by atoms with van der Waals surface area (Å²) in [7, 11) is 0. The van der Waals surface area contributed by atoms with Crippen LogP contribution < -0.4 is 15.5 Å². The Hall–Kier alpha value is -2.66. The lowest BCUT2D eigenvalue weighted by Gasteiger charge is -2.27. The summed E-state index contributed by atoms with van der Waals surface area (Å²) in [6, 6.07) is 5.59. The van der Waals surface area contributed by atoms with Gasteiger partial charge in [-0.1, -0.05) is 31.2 Å². The van der Waals surface area contributed by atoms with E-state index in [0.29, 0.717) is 49.6 Å². The zero-order valence-electron chi connectivity index (χ0n) is 16.8. The van der Waals surface area contributed by atoms with Crippen LogP contribution in [0.2, 0.25) is 0 Å². The predicted molar refractivity (Wildman–Crippen MR) is 112 cm³/mol. The third-order valence-electron chi connectivity index (χ3n) is 4.38. The third kappa shape index (κ3) is 5.92. The van der Waals surface area contributed by atoms with Gasteiger partial charge in [-0.25, -0.2) is 9.18 Å². The Kier molecular flexibility index (Phi) is 8.03. The van der Waals surface area contributed by atoms with E-state index in [-0.39, 0.29) is 11.6 Å². The number of urea groups is 1. The van der Waals surface area contributed by atoms with Gasteiger partial charge in [-0.15, -0.1) is 10.2 Å². The van der Waals surface area contributed by atoms with E-state index in [1.165, 1.54) is 12.1 Å². The quantitative estimate of drug-likeness (QED) is 0.482. The van der Waals surface area contributed by atoms with Crippen molar-refractivity contribution >= 4 is 29.6 Å². The number of carbonyl (C=O) groups is 2. The van der Waals surface area contributed by atoms with Gasteiger partial charge in [0.15, 0.2) is 5.16 Å². The Morgan fingerprint density at radius 3 is 2.80 bits per heavy atom. The molecule has 1 aliphatic rings. The molecule has 0 atom stereocenters. The molecule has 0 aliphatic carbocycles. The minimum atomic E-state index is -0.519. The van der Waals surface area contributed by atoms with Crippen LogP contribution in [0, 0.1) is 5.82 Å². The maximum absolute atomic E-state index is 13.8. The zero-order valence-corrected chi connectivity index (χ0v) is 17.6. The Morgan fingerprint density at radius 2 is 2.07 bits per heavy atom. The number of morpholine rings is 1. The van der Waals surface area contributed by atoms with Gasteiger partial charge in [0, 0.05) is 19.6 Å². The number of nitrogens with zero attached hydrogens (tertiary/aromatic N) is 4. The molecule has 2 aromatic rings. The largest absolute Gasteiger partial charge is 0.378 e. The number of nitrogens with one attached hydrogen (secondary N) is 2. The van der Waals surface area contributed by atoms with Crippen LogP contribution in [0.5, 0.6) is 0 Å². The number of carbonyl (C=O) groups excluding carboxylic acids is 2. The molecular formula is C19H25FN6O3S. The van der Waals surface area contributed by atoms with Gasteiger partial charge in [-0.05, 0) is 24.6 Å². The van der Waals surface area contributed by atoms with Gasteiger partial charge in [0.05, 0.1) is 24.7 Å². The second-order valence-electron chi connectivity index (χ2n) is 6.64. The van der Waals surface area contributed by atoms with Gasteiger partial charge >= 0.3 is 6.03 Å². The highest BCUT2D eigenvalue weighted by Gasteiger charge is 2.22. The molecule has 3 rings (SSSR count). The number of amides is 3. The fourth-order valence-electron chi connectivity index (χ4n) is 2.88. The van der Waals surface area contributed by atoms with Crippen molar-refractivity contribution in [2.75, 3.05) is 43.5 Å². The first-order chi connectivity index (χ1) is 14.6. The van der Waals surface area contributed by atoms with Crippen molar-refractivity contribution < 1.29 is 18.7 Å². The molecule has 162 valence electrons. The lowest BCUT2D eigenvalue weighted by atomic mass is 10.3. The van der Waals surface area contributed by atoms with E-state index in [9.17, 15) is 14.0 Å².